The van der Waals surface area contributed by atoms with Gasteiger partial charge >= 0.3 is 18.4 Å². The molecule has 0 radical (unpaired) electrons. The second-order valence-corrected chi connectivity index (χ2v) is 11.4. The van der Waals surface area contributed by atoms with Gasteiger partial charge in [-0.15, -0.1) is 0 Å². The Labute approximate surface area is 257 Å². The number of aromatic nitrogens is 1. The highest BCUT2D eigenvalue weighted by molar-refractivity contribution is 7.80. The van der Waals surface area contributed by atoms with Gasteiger partial charge in [0.15, 0.2) is 5.11 Å². The number of ether oxygens (including phenoxy) is 1. The molecule has 2 aromatic rings. The maximum atomic E-state index is 13.6. The van der Waals surface area contributed by atoms with Crippen molar-refractivity contribution in [1.29, 1.82) is 0 Å². The zero-order valence-corrected chi connectivity index (χ0v) is 25.5. The molecule has 1 aromatic carbocycles. The highest BCUT2D eigenvalue weighted by Gasteiger charge is 2.37. The van der Waals surface area contributed by atoms with E-state index in [1.807, 2.05) is 19.1 Å². The standard InChI is InChI=1S/C31H36F6N4O2S/c1-3-40(17-20-9-5-6-10-20)27-23(15-22-11-7-8-12-26(22)38-27)19-41(28(44)39-29(42)43-4-2)18-21-13-24(30(32,33)34)16-25(14-21)31(35,36)37/h11-16,20H,3-10,17-19H2,1-2H3,(H,39,42,44). The quantitative estimate of drug-likeness (QED) is 0.248. The minimum atomic E-state index is -5.01. The Hall–Kier alpha value is -3.35. The number of thiocarbonyl (C=S) groups is 1. The number of fused-ring (bicyclic) bond motifs is 1. The van der Waals surface area contributed by atoms with Crippen LogP contribution in [0.15, 0.2) is 24.3 Å². The minimum absolute atomic E-state index is 0.0343. The van der Waals surface area contributed by atoms with E-state index in [0.29, 0.717) is 36.0 Å². The molecule has 13 heteroatoms. The number of alkyl halides is 6. The van der Waals surface area contributed by atoms with Crippen LogP contribution in [0.3, 0.4) is 0 Å². The second-order valence-electron chi connectivity index (χ2n) is 11.0. The summed E-state index contributed by atoms with van der Waals surface area (Å²) in [6.45, 7) is 4.58. The number of alkyl carbamates (subject to hydrolysis) is 1. The lowest BCUT2D eigenvalue weighted by molar-refractivity contribution is -0.143. The third kappa shape index (κ3) is 8.64. The molecule has 0 bridgehead atoms. The molecule has 6 nitrogen and oxygen atoms in total. The van der Waals surface area contributed by atoms with Gasteiger partial charge in [-0.25, -0.2) is 9.78 Å². The van der Waals surface area contributed by atoms with Gasteiger partial charge in [0.2, 0.25) is 0 Å². The number of carbonyl (C=O) groups excluding carboxylic acids is 1. The molecule has 1 N–H and O–H groups in total. The molecule has 0 aliphatic heterocycles. The van der Waals surface area contributed by atoms with Gasteiger partial charge < -0.3 is 14.5 Å². The molecule has 0 atom stereocenters. The lowest BCUT2D eigenvalue weighted by Crippen LogP contribution is -2.43. The Balaban J connectivity index is 1.78. The molecular weight excluding hydrogens is 606 g/mol. The average molecular weight is 643 g/mol. The lowest BCUT2D eigenvalue weighted by atomic mass is 10.0. The maximum absolute atomic E-state index is 13.6. The first-order valence-electron chi connectivity index (χ1n) is 14.7. The van der Waals surface area contributed by atoms with Crippen molar-refractivity contribution in [2.75, 3.05) is 24.6 Å². The Kier molecular flexibility index (Phi) is 10.8. The maximum Gasteiger partial charge on any atom is 0.416 e. The number of hydrogen-bond acceptors (Lipinski definition) is 5. The van der Waals surface area contributed by atoms with Crippen LogP contribution in [0.4, 0.5) is 37.0 Å². The fourth-order valence-electron chi connectivity index (χ4n) is 5.69. The lowest BCUT2D eigenvalue weighted by Gasteiger charge is -2.31. The molecule has 4 rings (SSSR count). The van der Waals surface area contributed by atoms with Gasteiger partial charge in [0.05, 0.1) is 23.1 Å². The van der Waals surface area contributed by atoms with Gasteiger partial charge in [-0.3, -0.25) is 5.32 Å². The Morgan fingerprint density at radius 3 is 2.20 bits per heavy atom. The number of nitrogens with zero attached hydrogens (tertiary/aromatic N) is 3. The zero-order valence-electron chi connectivity index (χ0n) is 24.7. The summed E-state index contributed by atoms with van der Waals surface area (Å²) < 4.78 is 86.8. The fraction of sp³-hybridized carbons (Fsp3) is 0.516. The SMILES string of the molecule is CCOC(=O)NC(=S)N(Cc1cc(C(F)(F)F)cc(C(F)(F)F)c1)Cc1cc2c(nc1N(CC)CC1CCCC1)=CCCC=2. The van der Waals surface area contributed by atoms with Crippen molar-refractivity contribution < 1.29 is 35.9 Å². The molecule has 44 heavy (non-hydrogen) atoms. The van der Waals surface area contributed by atoms with E-state index in [1.54, 1.807) is 6.92 Å². The van der Waals surface area contributed by atoms with Crippen LogP contribution in [0.25, 0.3) is 12.2 Å². The smallest absolute Gasteiger partial charge is 0.416 e. The van der Waals surface area contributed by atoms with Crippen LogP contribution in [0, 0.1) is 5.92 Å². The average Bonchev–Trinajstić information content (AvgIpc) is 3.47. The number of hydrogen-bond donors (Lipinski definition) is 1. The predicted octanol–water partition coefficient (Wildman–Crippen LogP) is 6.52. The third-order valence-corrected chi connectivity index (χ3v) is 8.16. The molecule has 2 aliphatic rings. The van der Waals surface area contributed by atoms with Gasteiger partial charge in [-0.1, -0.05) is 25.0 Å². The number of amides is 1. The fourth-order valence-corrected chi connectivity index (χ4v) is 5.90. The molecule has 0 unspecified atom stereocenters. The molecule has 1 heterocycles. The summed E-state index contributed by atoms with van der Waals surface area (Å²) in [5, 5.41) is 3.91. The number of carbonyl (C=O) groups is 1. The second kappa shape index (κ2) is 14.2. The molecule has 2 aliphatic carbocycles. The van der Waals surface area contributed by atoms with Crippen LogP contribution in [-0.4, -0.2) is 40.8 Å². The van der Waals surface area contributed by atoms with Crippen molar-refractivity contribution in [3.63, 3.8) is 0 Å². The molecule has 1 fully saturated rings. The van der Waals surface area contributed by atoms with E-state index >= 15 is 0 Å². The van der Waals surface area contributed by atoms with E-state index in [1.165, 1.54) is 4.90 Å². The first kappa shape index (κ1) is 33.5. The van der Waals surface area contributed by atoms with Gasteiger partial charge in [0.1, 0.15) is 5.82 Å². The first-order chi connectivity index (χ1) is 20.8. The van der Waals surface area contributed by atoms with Gasteiger partial charge in [0, 0.05) is 31.7 Å². The number of pyridine rings is 1. The van der Waals surface area contributed by atoms with Crippen molar-refractivity contribution in [2.24, 2.45) is 5.92 Å². The normalized spacial score (nSPS) is 15.2. The van der Waals surface area contributed by atoms with Crippen molar-refractivity contribution in [1.82, 2.24) is 15.2 Å². The highest BCUT2D eigenvalue weighted by atomic mass is 32.1. The minimum Gasteiger partial charge on any atom is -0.450 e. The summed E-state index contributed by atoms with van der Waals surface area (Å²) in [6, 6.07) is 3.37. The van der Waals surface area contributed by atoms with Crippen molar-refractivity contribution >= 4 is 41.4 Å². The summed E-state index contributed by atoms with van der Waals surface area (Å²) in [4.78, 5) is 20.8. The van der Waals surface area contributed by atoms with Gasteiger partial charge in [0.25, 0.3) is 0 Å². The van der Waals surface area contributed by atoms with E-state index in [4.69, 9.17) is 21.9 Å². The predicted molar refractivity (Wildman–Crippen MR) is 160 cm³/mol. The van der Waals surface area contributed by atoms with Gasteiger partial charge in [-0.2, -0.15) is 26.3 Å². The Bertz CT molecular complexity index is 1440. The van der Waals surface area contributed by atoms with E-state index in [-0.39, 0.29) is 29.9 Å². The molecule has 1 amide bonds. The van der Waals surface area contributed by atoms with E-state index in [2.05, 4.69) is 16.3 Å². The summed E-state index contributed by atoms with van der Waals surface area (Å²) in [5.74, 6) is 1.17. The van der Waals surface area contributed by atoms with Gasteiger partial charge in [-0.05, 0) is 92.7 Å². The van der Waals surface area contributed by atoms with Crippen molar-refractivity contribution in [3.8, 4) is 0 Å². The number of halogens is 6. The monoisotopic (exact) mass is 642 g/mol. The Morgan fingerprint density at radius 2 is 1.61 bits per heavy atom. The number of nitrogens with one attached hydrogen (secondary N) is 1. The topological polar surface area (TPSA) is 57.7 Å². The summed E-state index contributed by atoms with van der Waals surface area (Å²) >= 11 is 5.47. The zero-order chi connectivity index (χ0) is 32.1. The number of rotatable bonds is 9. The molecule has 0 saturated heterocycles. The summed E-state index contributed by atoms with van der Waals surface area (Å²) in [7, 11) is 0. The molecule has 1 saturated carbocycles. The van der Waals surface area contributed by atoms with Crippen LogP contribution in [-0.2, 0) is 30.2 Å². The molecule has 240 valence electrons. The first-order valence-corrected chi connectivity index (χ1v) is 15.2. The Morgan fingerprint density at radius 1 is 0.977 bits per heavy atom. The highest BCUT2D eigenvalue weighted by Crippen LogP contribution is 2.37. The van der Waals surface area contributed by atoms with Crippen LogP contribution < -0.4 is 20.8 Å². The van der Waals surface area contributed by atoms with Crippen LogP contribution in [0.5, 0.6) is 0 Å². The van der Waals surface area contributed by atoms with Crippen LogP contribution in [0.2, 0.25) is 0 Å². The van der Waals surface area contributed by atoms with E-state index < -0.39 is 36.1 Å². The van der Waals surface area contributed by atoms with Crippen LogP contribution >= 0.6 is 12.2 Å². The third-order valence-electron chi connectivity index (χ3n) is 7.80. The summed E-state index contributed by atoms with van der Waals surface area (Å²) in [5.41, 5.74) is -2.44. The van der Waals surface area contributed by atoms with Crippen molar-refractivity contribution in [2.45, 2.75) is 77.8 Å². The summed E-state index contributed by atoms with van der Waals surface area (Å²) in [6.07, 6.45) is -0.617. The van der Waals surface area contributed by atoms with Crippen molar-refractivity contribution in [3.05, 3.63) is 57.1 Å². The molecule has 0 spiro atoms. The van der Waals surface area contributed by atoms with E-state index in [0.717, 1.165) is 55.6 Å². The molecule has 1 aromatic heterocycles. The largest absolute Gasteiger partial charge is 0.450 e. The number of anilines is 1. The number of benzene rings is 1. The van der Waals surface area contributed by atoms with E-state index in [9.17, 15) is 31.1 Å². The van der Waals surface area contributed by atoms with Crippen LogP contribution in [0.1, 0.15) is 74.6 Å². The molecular formula is C31H36F6N4O2S.